The molecule has 0 saturated carbocycles. The minimum Gasteiger partial charge on any atom is -0.484 e. The molecule has 0 bridgehead atoms. The maximum absolute atomic E-state index is 13.0. The van der Waals surface area contributed by atoms with Gasteiger partial charge in [0.2, 0.25) is 5.91 Å². The van der Waals surface area contributed by atoms with Gasteiger partial charge in [0.15, 0.2) is 6.61 Å². The highest BCUT2D eigenvalue weighted by molar-refractivity contribution is 6.31. The van der Waals surface area contributed by atoms with E-state index >= 15 is 0 Å². The van der Waals surface area contributed by atoms with Crippen LogP contribution in [-0.2, 0) is 16.1 Å². The number of nitrogens with zero attached hydrogens (tertiary/aromatic N) is 1. The number of benzene rings is 2. The SMILES string of the molecule is Cc1cc(OCC(=O)N(Cc2cccc(Cl)c2)C(C)C(=O)NC(C)C)ccc1Cl. The second-order valence-corrected chi connectivity index (χ2v) is 8.03. The van der Waals surface area contributed by atoms with E-state index in [0.29, 0.717) is 15.8 Å². The Hall–Kier alpha value is -2.24. The van der Waals surface area contributed by atoms with Crippen molar-refractivity contribution in [1.82, 2.24) is 10.2 Å². The summed E-state index contributed by atoms with van der Waals surface area (Å²) in [6.07, 6.45) is 0. The molecule has 5 nitrogen and oxygen atoms in total. The van der Waals surface area contributed by atoms with Gasteiger partial charge in [-0.2, -0.15) is 0 Å². The molecule has 156 valence electrons. The first-order valence-corrected chi connectivity index (χ1v) is 10.2. The summed E-state index contributed by atoms with van der Waals surface area (Å²) in [6.45, 7) is 7.36. The van der Waals surface area contributed by atoms with Crippen LogP contribution in [0.1, 0.15) is 31.9 Å². The average molecular weight is 437 g/mol. The first-order chi connectivity index (χ1) is 13.7. The van der Waals surface area contributed by atoms with E-state index in [9.17, 15) is 9.59 Å². The van der Waals surface area contributed by atoms with Crippen LogP contribution in [0, 0.1) is 6.92 Å². The molecule has 0 spiro atoms. The lowest BCUT2D eigenvalue weighted by molar-refractivity contribution is -0.142. The summed E-state index contributed by atoms with van der Waals surface area (Å²) in [5, 5.41) is 4.05. The highest BCUT2D eigenvalue weighted by Gasteiger charge is 2.27. The lowest BCUT2D eigenvalue weighted by atomic mass is 10.1. The third kappa shape index (κ3) is 6.94. The molecule has 0 aromatic heterocycles. The summed E-state index contributed by atoms with van der Waals surface area (Å²) in [7, 11) is 0. The van der Waals surface area contributed by atoms with Crippen molar-refractivity contribution in [3.63, 3.8) is 0 Å². The summed E-state index contributed by atoms with van der Waals surface area (Å²) >= 11 is 12.1. The fourth-order valence-electron chi connectivity index (χ4n) is 2.75. The van der Waals surface area contributed by atoms with Crippen LogP contribution in [0.15, 0.2) is 42.5 Å². The molecule has 0 aliphatic carbocycles. The Morgan fingerprint density at radius 2 is 1.83 bits per heavy atom. The molecule has 2 aromatic rings. The van der Waals surface area contributed by atoms with Gasteiger partial charge in [0, 0.05) is 22.6 Å². The van der Waals surface area contributed by atoms with Gasteiger partial charge in [0.05, 0.1) is 0 Å². The van der Waals surface area contributed by atoms with Gasteiger partial charge in [-0.3, -0.25) is 9.59 Å². The molecule has 0 heterocycles. The monoisotopic (exact) mass is 436 g/mol. The number of hydrogen-bond acceptors (Lipinski definition) is 3. The van der Waals surface area contributed by atoms with E-state index in [1.54, 1.807) is 37.3 Å². The fourth-order valence-corrected chi connectivity index (χ4v) is 3.09. The smallest absolute Gasteiger partial charge is 0.261 e. The molecule has 2 amide bonds. The van der Waals surface area contributed by atoms with E-state index < -0.39 is 6.04 Å². The standard InChI is InChI=1S/C22H26Cl2N2O3/c1-14(2)25-22(28)16(4)26(12-17-6-5-7-18(23)11-17)21(27)13-29-19-8-9-20(24)15(3)10-19/h5-11,14,16H,12-13H2,1-4H3,(H,25,28). The lowest BCUT2D eigenvalue weighted by Gasteiger charge is -2.29. The Balaban J connectivity index is 2.16. The summed E-state index contributed by atoms with van der Waals surface area (Å²) in [4.78, 5) is 27.0. The number of carbonyl (C=O) groups excluding carboxylic acids is 2. The van der Waals surface area contributed by atoms with Gasteiger partial charge in [-0.15, -0.1) is 0 Å². The number of halogens is 2. The average Bonchev–Trinajstić information content (AvgIpc) is 2.65. The number of carbonyl (C=O) groups is 2. The molecule has 0 saturated heterocycles. The van der Waals surface area contributed by atoms with Crippen molar-refractivity contribution in [2.45, 2.75) is 46.3 Å². The Morgan fingerprint density at radius 3 is 2.45 bits per heavy atom. The minimum atomic E-state index is -0.667. The Labute approximate surface area is 181 Å². The third-order valence-corrected chi connectivity index (χ3v) is 4.99. The maximum atomic E-state index is 13.0. The number of aryl methyl sites for hydroxylation is 1. The normalized spacial score (nSPS) is 11.8. The predicted octanol–water partition coefficient (Wildman–Crippen LogP) is 4.62. The van der Waals surface area contributed by atoms with E-state index in [-0.39, 0.29) is 31.0 Å². The number of amides is 2. The molecule has 2 rings (SSSR count). The van der Waals surface area contributed by atoms with E-state index in [2.05, 4.69) is 5.32 Å². The molecule has 7 heteroatoms. The van der Waals surface area contributed by atoms with Gasteiger partial charge in [-0.05, 0) is 69.2 Å². The zero-order valence-electron chi connectivity index (χ0n) is 17.0. The Morgan fingerprint density at radius 1 is 1.10 bits per heavy atom. The topological polar surface area (TPSA) is 58.6 Å². The molecule has 0 aliphatic heterocycles. The predicted molar refractivity (Wildman–Crippen MR) is 116 cm³/mol. The van der Waals surface area contributed by atoms with Crippen molar-refractivity contribution in [3.05, 3.63) is 63.6 Å². The second kappa shape index (κ2) is 10.5. The van der Waals surface area contributed by atoms with Crippen molar-refractivity contribution >= 4 is 35.0 Å². The van der Waals surface area contributed by atoms with E-state index in [4.69, 9.17) is 27.9 Å². The van der Waals surface area contributed by atoms with E-state index in [1.165, 1.54) is 4.90 Å². The molecule has 29 heavy (non-hydrogen) atoms. The molecule has 2 aromatic carbocycles. The van der Waals surface area contributed by atoms with Crippen LogP contribution in [0.3, 0.4) is 0 Å². The van der Waals surface area contributed by atoms with Gasteiger partial charge < -0.3 is 15.0 Å². The number of nitrogens with one attached hydrogen (secondary N) is 1. The number of rotatable bonds is 8. The first-order valence-electron chi connectivity index (χ1n) is 9.40. The van der Waals surface area contributed by atoms with E-state index in [1.807, 2.05) is 32.9 Å². The van der Waals surface area contributed by atoms with Crippen LogP contribution in [0.4, 0.5) is 0 Å². The largest absolute Gasteiger partial charge is 0.484 e. The molecular formula is C22H26Cl2N2O3. The van der Waals surface area contributed by atoms with Gasteiger partial charge in [0.25, 0.3) is 5.91 Å². The van der Waals surface area contributed by atoms with Crippen LogP contribution in [0.5, 0.6) is 5.75 Å². The first kappa shape index (κ1) is 23.0. The van der Waals surface area contributed by atoms with Gasteiger partial charge in [-0.25, -0.2) is 0 Å². The van der Waals surface area contributed by atoms with Crippen molar-refractivity contribution < 1.29 is 14.3 Å². The molecule has 1 unspecified atom stereocenters. The maximum Gasteiger partial charge on any atom is 0.261 e. The van der Waals surface area contributed by atoms with Gasteiger partial charge in [0.1, 0.15) is 11.8 Å². The van der Waals surface area contributed by atoms with Crippen molar-refractivity contribution in [2.24, 2.45) is 0 Å². The number of ether oxygens (including phenoxy) is 1. The summed E-state index contributed by atoms with van der Waals surface area (Å²) < 4.78 is 5.65. The Kier molecular flexibility index (Phi) is 8.35. The zero-order valence-corrected chi connectivity index (χ0v) is 18.6. The third-order valence-electron chi connectivity index (χ3n) is 4.33. The second-order valence-electron chi connectivity index (χ2n) is 7.19. The molecule has 0 radical (unpaired) electrons. The van der Waals surface area contributed by atoms with E-state index in [0.717, 1.165) is 11.1 Å². The minimum absolute atomic E-state index is 0.0265. The van der Waals surface area contributed by atoms with Gasteiger partial charge in [-0.1, -0.05) is 35.3 Å². The van der Waals surface area contributed by atoms with Crippen molar-refractivity contribution in [1.29, 1.82) is 0 Å². The summed E-state index contributed by atoms with van der Waals surface area (Å²) in [6, 6.07) is 11.7. The zero-order chi connectivity index (χ0) is 21.6. The number of hydrogen-bond donors (Lipinski definition) is 1. The van der Waals surface area contributed by atoms with Crippen LogP contribution >= 0.6 is 23.2 Å². The summed E-state index contributed by atoms with van der Waals surface area (Å²) in [5.74, 6) is 0.0175. The van der Waals surface area contributed by atoms with Gasteiger partial charge >= 0.3 is 0 Å². The molecule has 0 aliphatic rings. The van der Waals surface area contributed by atoms with Crippen LogP contribution in [0.25, 0.3) is 0 Å². The van der Waals surface area contributed by atoms with Crippen molar-refractivity contribution in [3.8, 4) is 5.75 Å². The highest BCUT2D eigenvalue weighted by atomic mass is 35.5. The van der Waals surface area contributed by atoms with Crippen molar-refractivity contribution in [2.75, 3.05) is 6.61 Å². The lowest BCUT2D eigenvalue weighted by Crippen LogP contribution is -2.50. The highest BCUT2D eigenvalue weighted by Crippen LogP contribution is 2.21. The Bertz CT molecular complexity index is 871. The molecular weight excluding hydrogens is 411 g/mol. The van der Waals surface area contributed by atoms with Crippen LogP contribution in [0.2, 0.25) is 10.0 Å². The molecule has 0 fully saturated rings. The van der Waals surface area contributed by atoms with Crippen LogP contribution in [-0.4, -0.2) is 35.4 Å². The summed E-state index contributed by atoms with van der Waals surface area (Å²) in [5.41, 5.74) is 1.69. The quantitative estimate of drug-likeness (QED) is 0.656. The fraction of sp³-hybridized carbons (Fsp3) is 0.364. The molecule has 1 atom stereocenters. The van der Waals surface area contributed by atoms with Crippen LogP contribution < -0.4 is 10.1 Å². The molecule has 1 N–H and O–H groups in total.